The molecule has 1 aromatic rings. The molecule has 0 spiro atoms. The highest BCUT2D eigenvalue weighted by atomic mass is 16.5. The van der Waals surface area contributed by atoms with Crippen LogP contribution in [0.1, 0.15) is 20.8 Å². The predicted molar refractivity (Wildman–Crippen MR) is 90.6 cm³/mol. The largest absolute Gasteiger partial charge is 0.465 e. The van der Waals surface area contributed by atoms with Crippen molar-refractivity contribution in [1.29, 1.82) is 0 Å². The number of benzene rings is 1. The van der Waals surface area contributed by atoms with Crippen LogP contribution in [0.25, 0.3) is 0 Å². The minimum Gasteiger partial charge on any atom is -0.465 e. The Morgan fingerprint density at radius 2 is 1.62 bits per heavy atom. The molecule has 0 aliphatic heterocycles. The van der Waals surface area contributed by atoms with Gasteiger partial charge in [0.1, 0.15) is 13.1 Å². The molecule has 8 nitrogen and oxygen atoms in total. The van der Waals surface area contributed by atoms with E-state index in [1.807, 2.05) is 0 Å². The number of nitrogens with two attached hydrogens (primary N) is 1. The molecule has 1 rings (SSSR count). The minimum absolute atomic E-state index is 0.129. The molecule has 0 fully saturated rings. The number of nitrogen functional groups attached to an aromatic ring is 1. The first-order valence-electron chi connectivity index (χ1n) is 7.60. The average molecular weight is 337 g/mol. The first-order valence-corrected chi connectivity index (χ1v) is 7.60. The number of carbonyl (C=O) groups is 3. The van der Waals surface area contributed by atoms with Gasteiger partial charge in [0.15, 0.2) is 0 Å². The van der Waals surface area contributed by atoms with Crippen LogP contribution in [0.3, 0.4) is 0 Å². The number of ether oxygens (including phenoxy) is 2. The molecule has 0 aromatic heterocycles. The average Bonchev–Trinajstić information content (AvgIpc) is 2.49. The Morgan fingerprint density at radius 3 is 2.08 bits per heavy atom. The number of carbonyl (C=O) groups excluding carboxylic acids is 3. The molecule has 0 unspecified atom stereocenters. The van der Waals surface area contributed by atoms with Gasteiger partial charge in [-0.3, -0.25) is 14.4 Å². The summed E-state index contributed by atoms with van der Waals surface area (Å²) in [6, 6.07) is 4.83. The first kappa shape index (κ1) is 19.3. The highest BCUT2D eigenvalue weighted by Gasteiger charge is 2.18. The van der Waals surface area contributed by atoms with Crippen molar-refractivity contribution >= 4 is 34.9 Å². The first-order chi connectivity index (χ1) is 11.4. The molecule has 24 heavy (non-hydrogen) atoms. The van der Waals surface area contributed by atoms with E-state index in [1.165, 1.54) is 11.8 Å². The van der Waals surface area contributed by atoms with E-state index in [4.69, 9.17) is 15.2 Å². The second-order valence-electron chi connectivity index (χ2n) is 4.92. The van der Waals surface area contributed by atoms with Gasteiger partial charge in [0, 0.05) is 12.6 Å². The van der Waals surface area contributed by atoms with Crippen molar-refractivity contribution < 1.29 is 23.9 Å². The number of nitrogens with zero attached hydrogens (tertiary/aromatic N) is 1. The second-order valence-corrected chi connectivity index (χ2v) is 4.92. The van der Waals surface area contributed by atoms with Gasteiger partial charge < -0.3 is 25.4 Å². The lowest BCUT2D eigenvalue weighted by atomic mass is 10.2. The minimum atomic E-state index is -0.472. The summed E-state index contributed by atoms with van der Waals surface area (Å²) in [5.74, 6) is -1.22. The summed E-state index contributed by atoms with van der Waals surface area (Å²) < 4.78 is 9.85. The summed E-state index contributed by atoms with van der Waals surface area (Å²) >= 11 is 0. The summed E-state index contributed by atoms with van der Waals surface area (Å²) in [5, 5.41) is 2.60. The molecule has 0 radical (unpaired) electrons. The quantitative estimate of drug-likeness (QED) is 0.541. The Hall–Kier alpha value is -2.77. The van der Waals surface area contributed by atoms with E-state index in [0.29, 0.717) is 17.1 Å². The zero-order valence-corrected chi connectivity index (χ0v) is 14.1. The van der Waals surface area contributed by atoms with E-state index in [9.17, 15) is 14.4 Å². The van der Waals surface area contributed by atoms with Crippen molar-refractivity contribution in [3.63, 3.8) is 0 Å². The molecule has 0 bridgehead atoms. The van der Waals surface area contributed by atoms with Crippen LogP contribution in [-0.4, -0.2) is 44.1 Å². The SMILES string of the molecule is CCOC(=O)CN(CC(=O)OCC)c1ccc(N)c(NC(C)=O)c1. The number of hydrogen-bond donors (Lipinski definition) is 2. The van der Waals surface area contributed by atoms with E-state index < -0.39 is 11.9 Å². The van der Waals surface area contributed by atoms with Crippen LogP contribution < -0.4 is 16.0 Å². The number of anilines is 3. The molecule has 3 N–H and O–H groups in total. The Balaban J connectivity index is 3.05. The van der Waals surface area contributed by atoms with Gasteiger partial charge in [-0.25, -0.2) is 0 Å². The Kier molecular flexibility index (Phi) is 7.54. The normalized spacial score (nSPS) is 9.96. The monoisotopic (exact) mass is 337 g/mol. The van der Waals surface area contributed by atoms with Crippen molar-refractivity contribution in [3.05, 3.63) is 18.2 Å². The molecular formula is C16H23N3O5. The van der Waals surface area contributed by atoms with Crippen molar-refractivity contribution in [2.75, 3.05) is 42.3 Å². The number of hydrogen-bond acceptors (Lipinski definition) is 7. The van der Waals surface area contributed by atoms with E-state index >= 15 is 0 Å². The van der Waals surface area contributed by atoms with Crippen molar-refractivity contribution in [2.45, 2.75) is 20.8 Å². The van der Waals surface area contributed by atoms with Gasteiger partial charge in [0.25, 0.3) is 0 Å². The summed E-state index contributed by atoms with van der Waals surface area (Å²) in [7, 11) is 0. The fraction of sp³-hybridized carbons (Fsp3) is 0.438. The highest BCUT2D eigenvalue weighted by Crippen LogP contribution is 2.25. The van der Waals surface area contributed by atoms with E-state index in [2.05, 4.69) is 5.32 Å². The molecule has 0 atom stereocenters. The van der Waals surface area contributed by atoms with Crippen molar-refractivity contribution in [1.82, 2.24) is 0 Å². The van der Waals surface area contributed by atoms with Gasteiger partial charge >= 0.3 is 11.9 Å². The molecular weight excluding hydrogens is 314 g/mol. The van der Waals surface area contributed by atoms with Gasteiger partial charge in [-0.2, -0.15) is 0 Å². The second kappa shape index (κ2) is 9.39. The van der Waals surface area contributed by atoms with Gasteiger partial charge in [-0.15, -0.1) is 0 Å². The van der Waals surface area contributed by atoms with Crippen LogP contribution in [0.15, 0.2) is 18.2 Å². The molecule has 0 aliphatic carbocycles. The third-order valence-corrected chi connectivity index (χ3v) is 2.96. The van der Waals surface area contributed by atoms with Crippen LogP contribution in [-0.2, 0) is 23.9 Å². The Morgan fingerprint density at radius 1 is 1.08 bits per heavy atom. The van der Waals surface area contributed by atoms with Crippen LogP contribution in [0.4, 0.5) is 17.1 Å². The zero-order valence-electron chi connectivity index (χ0n) is 14.1. The van der Waals surface area contributed by atoms with Crippen LogP contribution in [0.2, 0.25) is 0 Å². The number of amides is 1. The Bertz CT molecular complexity index is 583. The molecule has 8 heteroatoms. The fourth-order valence-corrected chi connectivity index (χ4v) is 2.00. The maximum atomic E-state index is 11.8. The topological polar surface area (TPSA) is 111 Å². The van der Waals surface area contributed by atoms with Crippen LogP contribution in [0, 0.1) is 0 Å². The third kappa shape index (κ3) is 6.15. The lowest BCUT2D eigenvalue weighted by Gasteiger charge is -2.23. The van der Waals surface area contributed by atoms with Crippen LogP contribution >= 0.6 is 0 Å². The molecule has 132 valence electrons. The molecule has 0 heterocycles. The highest BCUT2D eigenvalue weighted by molar-refractivity contribution is 5.93. The molecule has 0 aliphatic rings. The molecule has 0 saturated heterocycles. The molecule has 0 saturated carbocycles. The maximum absolute atomic E-state index is 11.8. The van der Waals surface area contributed by atoms with Crippen molar-refractivity contribution in [3.8, 4) is 0 Å². The Labute approximate surface area is 140 Å². The zero-order chi connectivity index (χ0) is 18.1. The van der Waals surface area contributed by atoms with Crippen LogP contribution in [0.5, 0.6) is 0 Å². The summed E-state index contributed by atoms with van der Waals surface area (Å²) in [4.78, 5) is 36.3. The number of esters is 2. The predicted octanol–water partition coefficient (Wildman–Crippen LogP) is 1.16. The van der Waals surface area contributed by atoms with Gasteiger partial charge in [0.2, 0.25) is 5.91 Å². The molecule has 1 amide bonds. The van der Waals surface area contributed by atoms with E-state index in [-0.39, 0.29) is 32.2 Å². The standard InChI is InChI=1S/C16H23N3O5/c1-4-23-15(21)9-19(10-16(22)24-5-2)12-6-7-13(17)14(8-12)18-11(3)20/h6-8H,4-5,9-10,17H2,1-3H3,(H,18,20). The lowest BCUT2D eigenvalue weighted by Crippen LogP contribution is -2.36. The van der Waals surface area contributed by atoms with Gasteiger partial charge in [-0.05, 0) is 32.0 Å². The lowest BCUT2D eigenvalue weighted by molar-refractivity contribution is -0.142. The third-order valence-electron chi connectivity index (χ3n) is 2.96. The smallest absolute Gasteiger partial charge is 0.325 e. The number of rotatable bonds is 8. The van der Waals surface area contributed by atoms with E-state index in [1.54, 1.807) is 32.0 Å². The summed E-state index contributed by atoms with van der Waals surface area (Å²) in [6.07, 6.45) is 0. The maximum Gasteiger partial charge on any atom is 0.325 e. The van der Waals surface area contributed by atoms with E-state index in [0.717, 1.165) is 0 Å². The summed E-state index contributed by atoms with van der Waals surface area (Å²) in [5.41, 5.74) is 7.13. The fourth-order valence-electron chi connectivity index (χ4n) is 2.00. The molecule has 1 aromatic carbocycles. The summed E-state index contributed by atoms with van der Waals surface area (Å²) in [6.45, 7) is 4.99. The van der Waals surface area contributed by atoms with Gasteiger partial charge in [0.05, 0.1) is 24.6 Å². The van der Waals surface area contributed by atoms with Gasteiger partial charge in [-0.1, -0.05) is 0 Å². The van der Waals surface area contributed by atoms with Crippen molar-refractivity contribution in [2.24, 2.45) is 0 Å². The number of nitrogens with one attached hydrogen (secondary N) is 1.